The van der Waals surface area contributed by atoms with Crippen LogP contribution in [0.2, 0.25) is 0 Å². The number of aliphatic imine (C=N–C) groups is 1. The molecule has 1 aliphatic rings. The largest absolute Gasteiger partial charge is 0.356 e. The summed E-state index contributed by atoms with van der Waals surface area (Å²) in [5.41, 5.74) is 2.58. The van der Waals surface area contributed by atoms with Crippen LogP contribution in [-0.4, -0.2) is 52.9 Å². The van der Waals surface area contributed by atoms with Gasteiger partial charge in [0.15, 0.2) is 5.96 Å². The number of guanidine groups is 1. The predicted molar refractivity (Wildman–Crippen MR) is 126 cm³/mol. The molecule has 0 saturated carbocycles. The van der Waals surface area contributed by atoms with Gasteiger partial charge in [0, 0.05) is 51.5 Å². The maximum absolute atomic E-state index is 4.39. The molecule has 28 heavy (non-hydrogen) atoms. The second kappa shape index (κ2) is 11.4. The summed E-state index contributed by atoms with van der Waals surface area (Å²) in [5, 5.41) is 11.3. The van der Waals surface area contributed by atoms with Crippen molar-refractivity contribution in [2.75, 3.05) is 20.1 Å². The van der Waals surface area contributed by atoms with Gasteiger partial charge in [-0.05, 0) is 37.8 Å². The summed E-state index contributed by atoms with van der Waals surface area (Å²) in [4.78, 5) is 6.93. The molecule has 0 amide bonds. The normalized spacial score (nSPS) is 20.0. The Bertz CT molecular complexity index is 730. The Labute approximate surface area is 185 Å². The van der Waals surface area contributed by atoms with Crippen molar-refractivity contribution >= 4 is 29.9 Å². The first kappa shape index (κ1) is 22.7. The van der Waals surface area contributed by atoms with Crippen molar-refractivity contribution in [1.29, 1.82) is 0 Å². The third-order valence-corrected chi connectivity index (χ3v) is 5.12. The van der Waals surface area contributed by atoms with E-state index in [0.717, 1.165) is 45.0 Å². The van der Waals surface area contributed by atoms with Crippen molar-refractivity contribution in [2.45, 2.75) is 51.9 Å². The summed E-state index contributed by atoms with van der Waals surface area (Å²) in [6.07, 6.45) is 6.13. The Morgan fingerprint density at radius 2 is 2.07 bits per heavy atom. The summed E-state index contributed by atoms with van der Waals surface area (Å²) in [5.74, 6) is 0.894. The number of aryl methyl sites for hydroxylation is 2. The average molecular weight is 496 g/mol. The minimum Gasteiger partial charge on any atom is -0.356 e. The van der Waals surface area contributed by atoms with Crippen LogP contribution in [0.25, 0.3) is 0 Å². The molecule has 7 heteroatoms. The Morgan fingerprint density at radius 3 is 2.75 bits per heavy atom. The smallest absolute Gasteiger partial charge is 0.191 e. The minimum absolute atomic E-state index is 0. The lowest BCUT2D eigenvalue weighted by molar-refractivity contribution is 0.258. The maximum atomic E-state index is 4.39. The van der Waals surface area contributed by atoms with Crippen molar-refractivity contribution in [3.8, 4) is 0 Å². The highest BCUT2D eigenvalue weighted by Crippen LogP contribution is 2.20. The van der Waals surface area contributed by atoms with Gasteiger partial charge in [-0.25, -0.2) is 0 Å². The van der Waals surface area contributed by atoms with E-state index in [2.05, 4.69) is 76.0 Å². The van der Waals surface area contributed by atoms with E-state index in [1.165, 1.54) is 11.1 Å². The topological polar surface area (TPSA) is 57.5 Å². The fourth-order valence-electron chi connectivity index (χ4n) is 3.67. The van der Waals surface area contributed by atoms with Crippen LogP contribution in [0.4, 0.5) is 0 Å². The predicted octanol–water partition coefficient (Wildman–Crippen LogP) is 3.03. The average Bonchev–Trinajstić information content (AvgIpc) is 3.24. The lowest BCUT2D eigenvalue weighted by Gasteiger charge is -2.21. The second-order valence-corrected chi connectivity index (χ2v) is 7.47. The lowest BCUT2D eigenvalue weighted by atomic mass is 10.2. The van der Waals surface area contributed by atoms with E-state index in [-0.39, 0.29) is 24.0 Å². The summed E-state index contributed by atoms with van der Waals surface area (Å²) in [6, 6.07) is 11.7. The van der Waals surface area contributed by atoms with Gasteiger partial charge in [-0.2, -0.15) is 5.10 Å². The molecule has 0 radical (unpaired) electrons. The van der Waals surface area contributed by atoms with Crippen molar-refractivity contribution in [3.63, 3.8) is 0 Å². The molecule has 1 aromatic carbocycles. The molecule has 1 aromatic heterocycles. The zero-order chi connectivity index (χ0) is 19.1. The molecule has 2 N–H and O–H groups in total. The molecule has 2 atom stereocenters. The van der Waals surface area contributed by atoms with Gasteiger partial charge in [-0.3, -0.25) is 14.6 Å². The van der Waals surface area contributed by atoms with Crippen LogP contribution in [0.15, 0.2) is 47.7 Å². The Hall–Kier alpha value is -1.61. The molecule has 2 heterocycles. The van der Waals surface area contributed by atoms with Gasteiger partial charge in [0.05, 0.1) is 6.20 Å². The first-order chi connectivity index (χ1) is 13.1. The number of rotatable bonds is 7. The number of hydrogen-bond acceptors (Lipinski definition) is 3. The number of halogens is 1. The fourth-order valence-corrected chi connectivity index (χ4v) is 3.67. The van der Waals surface area contributed by atoms with E-state index in [9.17, 15) is 0 Å². The highest BCUT2D eigenvalue weighted by Gasteiger charge is 2.29. The monoisotopic (exact) mass is 496 g/mol. The van der Waals surface area contributed by atoms with Gasteiger partial charge in [-0.1, -0.05) is 30.3 Å². The zero-order valence-corrected chi connectivity index (χ0v) is 19.5. The maximum Gasteiger partial charge on any atom is 0.191 e. The van der Waals surface area contributed by atoms with Gasteiger partial charge >= 0.3 is 0 Å². The molecule has 2 aromatic rings. The summed E-state index contributed by atoms with van der Waals surface area (Å²) in [7, 11) is 1.84. The Balaban J connectivity index is 0.00000280. The third kappa shape index (κ3) is 6.77. The van der Waals surface area contributed by atoms with Crippen LogP contribution in [-0.2, 0) is 13.1 Å². The quantitative estimate of drug-likeness (QED) is 0.268. The van der Waals surface area contributed by atoms with Crippen LogP contribution in [0.1, 0.15) is 30.9 Å². The molecule has 6 nitrogen and oxygen atoms in total. The van der Waals surface area contributed by atoms with Crippen molar-refractivity contribution < 1.29 is 0 Å². The molecule has 2 unspecified atom stereocenters. The Morgan fingerprint density at radius 1 is 1.29 bits per heavy atom. The number of hydrogen-bond donors (Lipinski definition) is 2. The molecule has 0 aliphatic carbocycles. The van der Waals surface area contributed by atoms with Crippen LogP contribution < -0.4 is 10.6 Å². The van der Waals surface area contributed by atoms with Gasteiger partial charge < -0.3 is 10.6 Å². The second-order valence-electron chi connectivity index (χ2n) is 7.47. The number of aromatic nitrogens is 2. The molecular weight excluding hydrogens is 463 g/mol. The van der Waals surface area contributed by atoms with Crippen LogP contribution in [0.5, 0.6) is 0 Å². The molecule has 1 aliphatic heterocycles. The lowest BCUT2D eigenvalue weighted by Crippen LogP contribution is -2.44. The van der Waals surface area contributed by atoms with Crippen molar-refractivity contribution in [3.05, 3.63) is 53.9 Å². The van der Waals surface area contributed by atoms with E-state index in [4.69, 9.17) is 0 Å². The van der Waals surface area contributed by atoms with Gasteiger partial charge in [0.25, 0.3) is 0 Å². The number of benzene rings is 1. The van der Waals surface area contributed by atoms with E-state index in [0.29, 0.717) is 12.1 Å². The standard InChI is InChI=1S/C21H32N6.HI/c1-17-13-24-27(14-17)11-7-10-23-21(22-3)25-20-12-18(2)26(16-20)15-19-8-5-4-6-9-19;/h4-6,8-9,13-14,18,20H,7,10-12,15-16H2,1-3H3,(H2,22,23,25);1H. The highest BCUT2D eigenvalue weighted by atomic mass is 127. The summed E-state index contributed by atoms with van der Waals surface area (Å²) in [6.45, 7) is 8.24. The highest BCUT2D eigenvalue weighted by molar-refractivity contribution is 14.0. The molecule has 3 rings (SSSR count). The van der Waals surface area contributed by atoms with E-state index < -0.39 is 0 Å². The molecule has 1 saturated heterocycles. The van der Waals surface area contributed by atoms with Gasteiger partial charge in [0.2, 0.25) is 0 Å². The third-order valence-electron chi connectivity index (χ3n) is 5.12. The minimum atomic E-state index is 0. The first-order valence-corrected chi connectivity index (χ1v) is 9.88. The van der Waals surface area contributed by atoms with Gasteiger partial charge in [-0.15, -0.1) is 24.0 Å². The SMILES string of the molecule is CN=C(NCCCn1cc(C)cn1)NC1CC(C)N(Cc2ccccc2)C1.I. The fraction of sp³-hybridized carbons (Fsp3) is 0.524. The van der Waals surface area contributed by atoms with E-state index in [1.807, 2.05) is 17.9 Å². The molecule has 154 valence electrons. The number of nitrogens with one attached hydrogen (secondary N) is 2. The summed E-state index contributed by atoms with van der Waals surface area (Å²) < 4.78 is 1.99. The van der Waals surface area contributed by atoms with Crippen LogP contribution in [0.3, 0.4) is 0 Å². The molecule has 0 spiro atoms. The van der Waals surface area contributed by atoms with E-state index >= 15 is 0 Å². The Kier molecular flexibility index (Phi) is 9.24. The first-order valence-electron chi connectivity index (χ1n) is 9.88. The zero-order valence-electron chi connectivity index (χ0n) is 17.1. The van der Waals surface area contributed by atoms with Crippen LogP contribution >= 0.6 is 24.0 Å². The molecular formula is C21H33IN6. The molecule has 0 bridgehead atoms. The van der Waals surface area contributed by atoms with Crippen molar-refractivity contribution in [1.82, 2.24) is 25.3 Å². The summed E-state index contributed by atoms with van der Waals surface area (Å²) >= 11 is 0. The van der Waals surface area contributed by atoms with Gasteiger partial charge in [0.1, 0.15) is 0 Å². The number of nitrogens with zero attached hydrogens (tertiary/aromatic N) is 4. The van der Waals surface area contributed by atoms with Crippen molar-refractivity contribution in [2.24, 2.45) is 4.99 Å². The molecule has 1 fully saturated rings. The van der Waals surface area contributed by atoms with E-state index in [1.54, 1.807) is 0 Å². The number of likely N-dealkylation sites (tertiary alicyclic amines) is 1. The van der Waals surface area contributed by atoms with Crippen LogP contribution in [0, 0.1) is 6.92 Å².